The van der Waals surface area contributed by atoms with Crippen LogP contribution >= 0.6 is 11.3 Å². The number of likely N-dealkylation sites (tertiary alicyclic amines) is 1. The first kappa shape index (κ1) is 17.9. The molecule has 136 valence electrons. The van der Waals surface area contributed by atoms with Crippen molar-refractivity contribution in [3.05, 3.63) is 47.3 Å². The minimum atomic E-state index is -0.802. The van der Waals surface area contributed by atoms with Crippen molar-refractivity contribution in [3.63, 3.8) is 0 Å². The lowest BCUT2D eigenvalue weighted by atomic mass is 9.97. The molecule has 0 spiro atoms. The topological polar surface area (TPSA) is 98.7 Å². The number of carbonyl (C=O) groups excluding carboxylic acids is 2. The van der Waals surface area contributed by atoms with Gasteiger partial charge in [-0.2, -0.15) is 0 Å². The van der Waals surface area contributed by atoms with E-state index in [1.54, 1.807) is 29.2 Å². The SMILES string of the molecule is O=C(Nc1ccccc1)Nc1ccc(C(=O)N2CCC(C(=O)O)CC2)s1. The molecule has 3 N–H and O–H groups in total. The zero-order valence-electron chi connectivity index (χ0n) is 14.0. The van der Waals surface area contributed by atoms with E-state index in [-0.39, 0.29) is 17.9 Å². The molecule has 0 atom stereocenters. The van der Waals surface area contributed by atoms with Gasteiger partial charge in [0.1, 0.15) is 0 Å². The molecule has 2 heterocycles. The number of nitrogens with one attached hydrogen (secondary N) is 2. The quantitative estimate of drug-likeness (QED) is 0.765. The highest BCUT2D eigenvalue weighted by Gasteiger charge is 2.28. The summed E-state index contributed by atoms with van der Waals surface area (Å²) in [4.78, 5) is 37.7. The highest BCUT2D eigenvalue weighted by atomic mass is 32.1. The summed E-state index contributed by atoms with van der Waals surface area (Å²) in [5.74, 6) is -1.30. The average Bonchev–Trinajstić information content (AvgIpc) is 3.10. The Labute approximate surface area is 154 Å². The Morgan fingerprint density at radius 2 is 1.69 bits per heavy atom. The molecule has 26 heavy (non-hydrogen) atoms. The van der Waals surface area contributed by atoms with Crippen LogP contribution in [-0.2, 0) is 4.79 Å². The Morgan fingerprint density at radius 3 is 2.35 bits per heavy atom. The maximum Gasteiger partial charge on any atom is 0.324 e. The number of hydrogen-bond donors (Lipinski definition) is 3. The number of thiophene rings is 1. The number of piperidine rings is 1. The zero-order valence-corrected chi connectivity index (χ0v) is 14.8. The van der Waals surface area contributed by atoms with Crippen LogP contribution in [0, 0.1) is 5.92 Å². The highest BCUT2D eigenvalue weighted by molar-refractivity contribution is 7.18. The first-order valence-electron chi connectivity index (χ1n) is 8.28. The Balaban J connectivity index is 1.55. The van der Waals surface area contributed by atoms with Crippen LogP contribution in [0.5, 0.6) is 0 Å². The molecule has 7 nitrogen and oxygen atoms in total. The van der Waals surface area contributed by atoms with Gasteiger partial charge in [-0.1, -0.05) is 18.2 Å². The summed E-state index contributed by atoms with van der Waals surface area (Å²) in [5, 5.41) is 15.0. The number of urea groups is 1. The molecule has 0 radical (unpaired) electrons. The maximum absolute atomic E-state index is 12.5. The molecule has 0 unspecified atom stereocenters. The maximum atomic E-state index is 12.5. The summed E-state index contributed by atoms with van der Waals surface area (Å²) in [5.41, 5.74) is 0.680. The number of nitrogens with zero attached hydrogens (tertiary/aromatic N) is 1. The van der Waals surface area contributed by atoms with E-state index < -0.39 is 5.97 Å². The predicted molar refractivity (Wildman–Crippen MR) is 99.7 cm³/mol. The lowest BCUT2D eigenvalue weighted by Crippen LogP contribution is -2.39. The third-order valence-electron chi connectivity index (χ3n) is 4.22. The van der Waals surface area contributed by atoms with Gasteiger partial charge in [0.2, 0.25) is 0 Å². The summed E-state index contributed by atoms with van der Waals surface area (Å²) < 4.78 is 0. The van der Waals surface area contributed by atoms with Crippen LogP contribution in [0.2, 0.25) is 0 Å². The number of carboxylic acid groups (broad SMARTS) is 1. The van der Waals surface area contributed by atoms with Crippen molar-refractivity contribution in [1.29, 1.82) is 0 Å². The Morgan fingerprint density at radius 1 is 1.00 bits per heavy atom. The third kappa shape index (κ3) is 4.40. The predicted octanol–water partition coefficient (Wildman–Crippen LogP) is 3.33. The van der Waals surface area contributed by atoms with E-state index in [1.165, 1.54) is 11.3 Å². The lowest BCUT2D eigenvalue weighted by molar-refractivity contribution is -0.143. The van der Waals surface area contributed by atoms with Crippen LogP contribution in [0.25, 0.3) is 0 Å². The monoisotopic (exact) mass is 373 g/mol. The number of para-hydroxylation sites is 1. The van der Waals surface area contributed by atoms with Crippen LogP contribution in [0.15, 0.2) is 42.5 Å². The molecule has 1 aliphatic rings. The summed E-state index contributed by atoms with van der Waals surface area (Å²) >= 11 is 1.20. The van der Waals surface area contributed by atoms with E-state index in [0.717, 1.165) is 0 Å². The van der Waals surface area contributed by atoms with Gasteiger partial charge in [-0.15, -0.1) is 11.3 Å². The molecule has 0 saturated carbocycles. The molecule has 1 aromatic heterocycles. The lowest BCUT2D eigenvalue weighted by Gasteiger charge is -2.29. The molecular weight excluding hydrogens is 354 g/mol. The van der Waals surface area contributed by atoms with Crippen LogP contribution < -0.4 is 10.6 Å². The smallest absolute Gasteiger partial charge is 0.324 e. The molecule has 3 amide bonds. The van der Waals surface area contributed by atoms with Crippen molar-refractivity contribution >= 4 is 39.9 Å². The highest BCUT2D eigenvalue weighted by Crippen LogP contribution is 2.26. The van der Waals surface area contributed by atoms with Gasteiger partial charge < -0.3 is 15.3 Å². The summed E-state index contributed by atoms with van der Waals surface area (Å²) in [6, 6.07) is 12.1. The average molecular weight is 373 g/mol. The number of hydrogen-bond acceptors (Lipinski definition) is 4. The number of benzene rings is 1. The molecular formula is C18H19N3O4S. The Hall–Kier alpha value is -2.87. The second-order valence-corrected chi connectivity index (χ2v) is 7.10. The van der Waals surface area contributed by atoms with Gasteiger partial charge in [-0.3, -0.25) is 14.9 Å². The number of amides is 3. The standard InChI is InChI=1S/C18H19N3O4S/c22-16(21-10-8-12(9-11-21)17(23)24)14-6-7-15(26-14)20-18(25)19-13-4-2-1-3-5-13/h1-7,12H,8-11H2,(H,23,24)(H2,19,20,25). The fourth-order valence-electron chi connectivity index (χ4n) is 2.80. The van der Waals surface area contributed by atoms with Crippen LogP contribution in [0.3, 0.4) is 0 Å². The number of aliphatic carboxylic acids is 1. The molecule has 2 aromatic rings. The van der Waals surface area contributed by atoms with E-state index in [4.69, 9.17) is 5.11 Å². The van der Waals surface area contributed by atoms with Crippen molar-refractivity contribution in [2.24, 2.45) is 5.92 Å². The molecule has 0 bridgehead atoms. The number of carbonyl (C=O) groups is 3. The van der Waals surface area contributed by atoms with Crippen molar-refractivity contribution in [1.82, 2.24) is 4.90 Å². The Bertz CT molecular complexity index is 798. The van der Waals surface area contributed by atoms with E-state index in [2.05, 4.69) is 10.6 Å². The normalized spacial score (nSPS) is 14.7. The number of carboxylic acids is 1. The van der Waals surface area contributed by atoms with Crippen molar-refractivity contribution < 1.29 is 19.5 Å². The first-order valence-corrected chi connectivity index (χ1v) is 9.09. The van der Waals surface area contributed by atoms with Gasteiger partial charge in [0.15, 0.2) is 0 Å². The summed E-state index contributed by atoms with van der Waals surface area (Å²) in [7, 11) is 0. The second kappa shape index (κ2) is 8.01. The third-order valence-corrected chi connectivity index (χ3v) is 5.21. The summed E-state index contributed by atoms with van der Waals surface area (Å²) in [6.45, 7) is 0.871. The number of rotatable bonds is 4. The molecule has 1 fully saturated rings. The zero-order chi connectivity index (χ0) is 18.5. The number of anilines is 2. The second-order valence-electron chi connectivity index (χ2n) is 6.01. The van der Waals surface area contributed by atoms with Crippen LogP contribution in [0.4, 0.5) is 15.5 Å². The van der Waals surface area contributed by atoms with E-state index in [9.17, 15) is 14.4 Å². The first-order chi connectivity index (χ1) is 12.5. The molecule has 3 rings (SSSR count). The van der Waals surface area contributed by atoms with Gasteiger partial charge in [0.25, 0.3) is 5.91 Å². The molecule has 8 heteroatoms. The van der Waals surface area contributed by atoms with Gasteiger partial charge in [-0.05, 0) is 37.1 Å². The van der Waals surface area contributed by atoms with Crippen LogP contribution in [-0.4, -0.2) is 41.0 Å². The minimum absolute atomic E-state index is 0.129. The van der Waals surface area contributed by atoms with Gasteiger partial charge in [-0.25, -0.2) is 4.79 Å². The van der Waals surface area contributed by atoms with E-state index in [1.807, 2.05) is 18.2 Å². The van der Waals surface area contributed by atoms with Crippen molar-refractivity contribution in [2.45, 2.75) is 12.8 Å². The fourth-order valence-corrected chi connectivity index (χ4v) is 3.67. The van der Waals surface area contributed by atoms with Crippen molar-refractivity contribution in [3.8, 4) is 0 Å². The van der Waals surface area contributed by atoms with E-state index in [0.29, 0.717) is 41.5 Å². The van der Waals surface area contributed by atoms with E-state index >= 15 is 0 Å². The van der Waals surface area contributed by atoms with Crippen molar-refractivity contribution in [2.75, 3.05) is 23.7 Å². The minimum Gasteiger partial charge on any atom is -0.481 e. The fraction of sp³-hybridized carbons (Fsp3) is 0.278. The molecule has 0 aliphatic carbocycles. The van der Waals surface area contributed by atoms with Gasteiger partial charge in [0.05, 0.1) is 15.8 Å². The molecule has 1 aromatic carbocycles. The van der Waals surface area contributed by atoms with Gasteiger partial charge in [0, 0.05) is 18.8 Å². The molecule has 1 aliphatic heterocycles. The molecule has 1 saturated heterocycles. The van der Waals surface area contributed by atoms with Crippen LogP contribution in [0.1, 0.15) is 22.5 Å². The van der Waals surface area contributed by atoms with Gasteiger partial charge >= 0.3 is 12.0 Å². The summed E-state index contributed by atoms with van der Waals surface area (Å²) in [6.07, 6.45) is 0.939. The Kier molecular flexibility index (Phi) is 5.52. The largest absolute Gasteiger partial charge is 0.481 e.